The van der Waals surface area contributed by atoms with Crippen molar-refractivity contribution in [2.24, 2.45) is 0 Å². The number of nitrogens with zero attached hydrogens (tertiary/aromatic N) is 2. The van der Waals surface area contributed by atoms with Gasteiger partial charge in [0.05, 0.1) is 18.8 Å². The van der Waals surface area contributed by atoms with Gasteiger partial charge in [-0.3, -0.25) is 10.1 Å². The molecule has 1 aliphatic rings. The number of rotatable bonds is 4. The Morgan fingerprint density at radius 2 is 2.12 bits per heavy atom. The number of ether oxygens (including phenoxy) is 1. The summed E-state index contributed by atoms with van der Waals surface area (Å²) in [5.41, 5.74) is 1.54. The Hall–Kier alpha value is -2.06. The molecule has 25 heavy (non-hydrogen) atoms. The van der Waals surface area contributed by atoms with Crippen LogP contribution in [-0.4, -0.2) is 41.3 Å². The van der Waals surface area contributed by atoms with Gasteiger partial charge in [-0.25, -0.2) is 9.78 Å². The number of fused-ring (bicyclic) bond motifs is 1. The minimum atomic E-state index is -0.305. The number of carbonyl (C=O) groups excluding carboxylic acids is 2. The van der Waals surface area contributed by atoms with Gasteiger partial charge in [0.15, 0.2) is 5.13 Å². The van der Waals surface area contributed by atoms with Crippen LogP contribution in [0, 0.1) is 0 Å². The molecule has 2 amide bonds. The van der Waals surface area contributed by atoms with Crippen molar-refractivity contribution in [3.8, 4) is 0 Å². The molecule has 2 aromatic rings. The van der Waals surface area contributed by atoms with E-state index in [0.29, 0.717) is 36.8 Å². The van der Waals surface area contributed by atoms with Crippen LogP contribution in [0.4, 0.5) is 9.93 Å². The van der Waals surface area contributed by atoms with Gasteiger partial charge in [-0.05, 0) is 37.4 Å². The van der Waals surface area contributed by atoms with Crippen molar-refractivity contribution in [3.05, 3.63) is 40.4 Å². The van der Waals surface area contributed by atoms with Gasteiger partial charge < -0.3 is 9.64 Å². The van der Waals surface area contributed by atoms with Gasteiger partial charge in [-0.1, -0.05) is 11.3 Å². The summed E-state index contributed by atoms with van der Waals surface area (Å²) in [5.74, 6) is -0.180. The van der Waals surface area contributed by atoms with Crippen molar-refractivity contribution in [1.29, 1.82) is 0 Å². The maximum atomic E-state index is 12.3. The molecule has 0 spiro atoms. The number of aromatic nitrogens is 1. The molecule has 0 saturated carbocycles. The smallest absolute Gasteiger partial charge is 0.410 e. The molecule has 3 rings (SSSR count). The first-order valence-electron chi connectivity index (χ1n) is 7.96. The molecule has 8 heteroatoms. The van der Waals surface area contributed by atoms with Crippen molar-refractivity contribution in [2.75, 3.05) is 24.7 Å². The van der Waals surface area contributed by atoms with Crippen molar-refractivity contribution >= 4 is 40.2 Å². The molecular weight excluding hydrogens is 358 g/mol. The fourth-order valence-electron chi connectivity index (χ4n) is 2.53. The number of carbonyl (C=O) groups is 2. The summed E-state index contributed by atoms with van der Waals surface area (Å²) in [6, 6.07) is 7.45. The third-order valence-electron chi connectivity index (χ3n) is 3.83. The van der Waals surface area contributed by atoms with Gasteiger partial charge in [0, 0.05) is 28.3 Å². The van der Waals surface area contributed by atoms with E-state index >= 15 is 0 Å². The van der Waals surface area contributed by atoms with Gasteiger partial charge >= 0.3 is 6.09 Å². The van der Waals surface area contributed by atoms with Crippen molar-refractivity contribution in [2.45, 2.75) is 24.8 Å². The van der Waals surface area contributed by atoms with Gasteiger partial charge in [0.2, 0.25) is 0 Å². The van der Waals surface area contributed by atoms with Crippen LogP contribution in [0.3, 0.4) is 0 Å². The summed E-state index contributed by atoms with van der Waals surface area (Å²) in [6.07, 6.45) is 2.36. The van der Waals surface area contributed by atoms with E-state index in [0.717, 1.165) is 15.5 Å². The van der Waals surface area contributed by atoms with E-state index in [9.17, 15) is 9.59 Å². The summed E-state index contributed by atoms with van der Waals surface area (Å²) in [4.78, 5) is 32.5. The second-order valence-electron chi connectivity index (χ2n) is 5.44. The molecule has 0 saturated heterocycles. The maximum absolute atomic E-state index is 12.3. The van der Waals surface area contributed by atoms with Crippen LogP contribution in [0.2, 0.25) is 0 Å². The van der Waals surface area contributed by atoms with Gasteiger partial charge in [-0.2, -0.15) is 0 Å². The second-order valence-corrected chi connectivity index (χ2v) is 7.41. The fourth-order valence-corrected chi connectivity index (χ4v) is 3.96. The Bertz CT molecular complexity index is 774. The molecule has 0 fully saturated rings. The van der Waals surface area contributed by atoms with Crippen LogP contribution in [0.25, 0.3) is 0 Å². The molecule has 132 valence electrons. The number of hydrogen-bond donors (Lipinski definition) is 1. The molecule has 0 aliphatic carbocycles. The highest BCUT2D eigenvalue weighted by Crippen LogP contribution is 2.29. The molecule has 2 heterocycles. The maximum Gasteiger partial charge on any atom is 0.410 e. The molecule has 1 aromatic carbocycles. The van der Waals surface area contributed by atoms with Gasteiger partial charge in [-0.15, -0.1) is 11.8 Å². The van der Waals surface area contributed by atoms with E-state index in [1.54, 1.807) is 35.7 Å². The summed E-state index contributed by atoms with van der Waals surface area (Å²) in [6.45, 7) is 3.21. The highest BCUT2D eigenvalue weighted by molar-refractivity contribution is 7.98. The lowest BCUT2D eigenvalue weighted by atomic mass is 10.2. The molecule has 6 nitrogen and oxygen atoms in total. The monoisotopic (exact) mass is 377 g/mol. The predicted octanol–water partition coefficient (Wildman–Crippen LogP) is 3.63. The zero-order valence-corrected chi connectivity index (χ0v) is 15.7. The molecule has 1 aliphatic heterocycles. The molecule has 0 bridgehead atoms. The van der Waals surface area contributed by atoms with Gasteiger partial charge in [0.25, 0.3) is 5.91 Å². The number of benzene rings is 1. The average molecular weight is 377 g/mol. The number of thiazole rings is 1. The minimum Gasteiger partial charge on any atom is -0.450 e. The van der Waals surface area contributed by atoms with E-state index in [4.69, 9.17) is 4.74 Å². The predicted molar refractivity (Wildman–Crippen MR) is 99.4 cm³/mol. The summed E-state index contributed by atoms with van der Waals surface area (Å²) >= 11 is 3.04. The number of anilines is 1. The third-order valence-corrected chi connectivity index (χ3v) is 5.57. The lowest BCUT2D eigenvalue weighted by Crippen LogP contribution is -2.35. The topological polar surface area (TPSA) is 71.5 Å². The quantitative estimate of drug-likeness (QED) is 0.824. The lowest BCUT2D eigenvalue weighted by Gasteiger charge is -2.24. The van der Waals surface area contributed by atoms with Crippen molar-refractivity contribution < 1.29 is 14.3 Å². The standard InChI is InChI=1S/C17H19N3O3S2/c1-3-23-17(22)20-9-8-13-14(10-20)25-16(18-13)19-15(21)11-4-6-12(24-2)7-5-11/h4-7H,3,8-10H2,1-2H3,(H,18,19,21). The van der Waals surface area contributed by atoms with Crippen LogP contribution in [-0.2, 0) is 17.7 Å². The van der Waals surface area contributed by atoms with E-state index < -0.39 is 0 Å². The Labute approximate surface area is 154 Å². The first kappa shape index (κ1) is 17.8. The highest BCUT2D eigenvalue weighted by atomic mass is 32.2. The van der Waals surface area contributed by atoms with Crippen LogP contribution in [0.5, 0.6) is 0 Å². The van der Waals surface area contributed by atoms with Crippen LogP contribution >= 0.6 is 23.1 Å². The van der Waals surface area contributed by atoms with E-state index in [-0.39, 0.29) is 12.0 Å². The van der Waals surface area contributed by atoms with E-state index in [1.165, 1.54) is 11.3 Å². The molecule has 1 N–H and O–H groups in total. The average Bonchev–Trinajstić information content (AvgIpc) is 3.03. The third kappa shape index (κ3) is 4.13. The largest absolute Gasteiger partial charge is 0.450 e. The Kier molecular flexibility index (Phi) is 5.60. The lowest BCUT2D eigenvalue weighted by molar-refractivity contribution is 0.102. The molecule has 0 unspecified atom stereocenters. The molecule has 0 radical (unpaired) electrons. The fraction of sp³-hybridized carbons (Fsp3) is 0.353. The zero-order valence-electron chi connectivity index (χ0n) is 14.1. The Balaban J connectivity index is 1.67. The summed E-state index contributed by atoms with van der Waals surface area (Å²) < 4.78 is 5.04. The molecule has 0 atom stereocenters. The number of amides is 2. The highest BCUT2D eigenvalue weighted by Gasteiger charge is 2.25. The number of thioether (sulfide) groups is 1. The first-order chi connectivity index (χ1) is 12.1. The van der Waals surface area contributed by atoms with Crippen molar-refractivity contribution in [1.82, 2.24) is 9.88 Å². The van der Waals surface area contributed by atoms with Gasteiger partial charge in [0.1, 0.15) is 0 Å². The summed E-state index contributed by atoms with van der Waals surface area (Å²) in [7, 11) is 0. The SMILES string of the molecule is CCOC(=O)N1CCc2nc(NC(=O)c3ccc(SC)cc3)sc2C1. The first-order valence-corrected chi connectivity index (χ1v) is 10.0. The second kappa shape index (κ2) is 7.88. The van der Waals surface area contributed by atoms with E-state index in [1.807, 2.05) is 18.4 Å². The number of nitrogens with one attached hydrogen (secondary N) is 1. The van der Waals surface area contributed by atoms with Crippen LogP contribution in [0.15, 0.2) is 29.2 Å². The normalized spacial score (nSPS) is 13.3. The minimum absolute atomic E-state index is 0.180. The van der Waals surface area contributed by atoms with Crippen molar-refractivity contribution in [3.63, 3.8) is 0 Å². The molecular formula is C17H19N3O3S2. The number of hydrogen-bond acceptors (Lipinski definition) is 6. The zero-order chi connectivity index (χ0) is 17.8. The Morgan fingerprint density at radius 3 is 2.80 bits per heavy atom. The summed E-state index contributed by atoms with van der Waals surface area (Å²) in [5, 5.41) is 3.41. The Morgan fingerprint density at radius 1 is 1.36 bits per heavy atom. The molecule has 1 aromatic heterocycles. The van der Waals surface area contributed by atoms with Crippen LogP contribution < -0.4 is 5.32 Å². The van der Waals surface area contributed by atoms with E-state index in [2.05, 4.69) is 10.3 Å². The van der Waals surface area contributed by atoms with Crippen LogP contribution in [0.1, 0.15) is 27.9 Å².